The predicted molar refractivity (Wildman–Crippen MR) is 94.6 cm³/mol. The lowest BCUT2D eigenvalue weighted by molar-refractivity contribution is -0.113. The van der Waals surface area contributed by atoms with Crippen LogP contribution < -0.4 is 5.32 Å². The molecule has 10 heteroatoms. The monoisotopic (exact) mass is 381 g/mol. The van der Waals surface area contributed by atoms with Crippen molar-refractivity contribution < 1.29 is 18.0 Å². The summed E-state index contributed by atoms with van der Waals surface area (Å²) in [7, 11) is 0. The number of anilines is 1. The molecule has 0 radical (unpaired) electrons. The Morgan fingerprint density at radius 1 is 1.26 bits per heavy atom. The first-order chi connectivity index (χ1) is 13.3. The Balaban J connectivity index is 1.66. The fourth-order valence-corrected chi connectivity index (χ4v) is 3.00. The molecule has 9 nitrogen and oxygen atoms in total. The van der Waals surface area contributed by atoms with E-state index in [1.807, 2.05) is 0 Å². The number of carbonyl (C=O) groups is 1. The smallest absolute Gasteiger partial charge is 0.237 e. The molecule has 0 unspecified atom stereocenters. The van der Waals surface area contributed by atoms with Crippen LogP contribution in [0.1, 0.15) is 5.56 Å². The SMILES string of the molecule is N#Cc1c(NC(=O)CSc2ncn[nH]2)oc(-c2ccco2)c1-c1ccco1. The first-order valence-electron chi connectivity index (χ1n) is 7.69. The van der Waals surface area contributed by atoms with Crippen molar-refractivity contribution in [3.05, 3.63) is 48.7 Å². The van der Waals surface area contributed by atoms with Crippen molar-refractivity contribution in [3.63, 3.8) is 0 Å². The fourth-order valence-electron chi connectivity index (χ4n) is 2.42. The maximum atomic E-state index is 12.3. The Hall–Kier alpha value is -3.71. The van der Waals surface area contributed by atoms with Crippen molar-refractivity contribution in [1.29, 1.82) is 5.26 Å². The van der Waals surface area contributed by atoms with Crippen molar-refractivity contribution in [3.8, 4) is 28.9 Å². The number of hydrogen-bond donors (Lipinski definition) is 2. The molecule has 0 atom stereocenters. The molecule has 1 amide bonds. The van der Waals surface area contributed by atoms with Crippen LogP contribution in [0.25, 0.3) is 22.8 Å². The number of carbonyl (C=O) groups excluding carboxylic acids is 1. The van der Waals surface area contributed by atoms with Crippen molar-refractivity contribution in [2.24, 2.45) is 0 Å². The van der Waals surface area contributed by atoms with Crippen molar-refractivity contribution in [2.75, 3.05) is 11.1 Å². The van der Waals surface area contributed by atoms with Gasteiger partial charge in [0, 0.05) is 0 Å². The van der Waals surface area contributed by atoms with Gasteiger partial charge in [0.1, 0.15) is 23.7 Å². The molecule has 0 aliphatic carbocycles. The topological polar surface area (TPSA) is 134 Å². The number of nitriles is 1. The van der Waals surface area contributed by atoms with Gasteiger partial charge in [0.05, 0.1) is 23.8 Å². The molecule has 0 fully saturated rings. The van der Waals surface area contributed by atoms with Crippen LogP contribution in [0.5, 0.6) is 0 Å². The van der Waals surface area contributed by atoms with E-state index in [9.17, 15) is 10.1 Å². The summed E-state index contributed by atoms with van der Waals surface area (Å²) in [4.78, 5) is 16.2. The number of aromatic amines is 1. The molecule has 4 rings (SSSR count). The van der Waals surface area contributed by atoms with Crippen molar-refractivity contribution in [1.82, 2.24) is 15.2 Å². The molecule has 0 aromatic carbocycles. The molecule has 0 saturated carbocycles. The number of aromatic nitrogens is 3. The number of thioether (sulfide) groups is 1. The summed E-state index contributed by atoms with van der Waals surface area (Å²) >= 11 is 1.17. The summed E-state index contributed by atoms with van der Waals surface area (Å²) < 4.78 is 16.6. The Morgan fingerprint density at radius 2 is 2.04 bits per heavy atom. The zero-order valence-electron chi connectivity index (χ0n) is 13.6. The molecule has 0 aliphatic rings. The summed E-state index contributed by atoms with van der Waals surface area (Å²) in [5.74, 6) is 0.863. The molecule has 0 spiro atoms. The molecule has 27 heavy (non-hydrogen) atoms. The second kappa shape index (κ2) is 7.27. The second-order valence-corrected chi connectivity index (χ2v) is 6.17. The number of amides is 1. The number of H-pyrrole nitrogens is 1. The van der Waals surface area contributed by atoms with Gasteiger partial charge in [-0.05, 0) is 24.3 Å². The van der Waals surface area contributed by atoms with Gasteiger partial charge >= 0.3 is 0 Å². The van der Waals surface area contributed by atoms with E-state index in [0.29, 0.717) is 28.0 Å². The third kappa shape index (κ3) is 3.36. The van der Waals surface area contributed by atoms with Gasteiger partial charge in [0.2, 0.25) is 11.8 Å². The van der Waals surface area contributed by atoms with Crippen LogP contribution in [0.15, 0.2) is 61.5 Å². The minimum Gasteiger partial charge on any atom is -0.464 e. The van der Waals surface area contributed by atoms with E-state index in [2.05, 4.69) is 26.6 Å². The zero-order chi connectivity index (χ0) is 18.6. The highest BCUT2D eigenvalue weighted by molar-refractivity contribution is 7.99. The van der Waals surface area contributed by atoms with E-state index < -0.39 is 0 Å². The van der Waals surface area contributed by atoms with E-state index in [0.717, 1.165) is 0 Å². The van der Waals surface area contributed by atoms with Gasteiger partial charge in [-0.25, -0.2) is 4.98 Å². The Kier molecular flexibility index (Phi) is 4.51. The highest BCUT2D eigenvalue weighted by Gasteiger charge is 2.27. The van der Waals surface area contributed by atoms with Gasteiger partial charge in [-0.2, -0.15) is 10.4 Å². The number of hydrogen-bond acceptors (Lipinski definition) is 8. The minimum absolute atomic E-state index is 0.0264. The molecule has 0 saturated heterocycles. The van der Waals surface area contributed by atoms with Crippen molar-refractivity contribution in [2.45, 2.75) is 5.16 Å². The van der Waals surface area contributed by atoms with Gasteiger partial charge in [0.25, 0.3) is 0 Å². The quantitative estimate of drug-likeness (QED) is 0.485. The first kappa shape index (κ1) is 16.7. The van der Waals surface area contributed by atoms with Crippen LogP contribution in [-0.4, -0.2) is 26.8 Å². The van der Waals surface area contributed by atoms with Crippen molar-refractivity contribution >= 4 is 23.6 Å². The van der Waals surface area contributed by atoms with Crippen LogP contribution in [0.4, 0.5) is 5.88 Å². The van der Waals surface area contributed by atoms with Gasteiger partial charge in [-0.1, -0.05) is 11.8 Å². The lowest BCUT2D eigenvalue weighted by atomic mass is 10.1. The Bertz CT molecular complexity index is 1080. The van der Waals surface area contributed by atoms with E-state index >= 15 is 0 Å². The molecule has 2 N–H and O–H groups in total. The highest BCUT2D eigenvalue weighted by Crippen LogP contribution is 2.41. The van der Waals surface area contributed by atoms with E-state index in [1.54, 1.807) is 24.3 Å². The predicted octanol–water partition coefficient (Wildman–Crippen LogP) is 3.52. The van der Waals surface area contributed by atoms with E-state index in [-0.39, 0.29) is 23.1 Å². The van der Waals surface area contributed by atoms with E-state index in [1.165, 1.54) is 30.6 Å². The van der Waals surface area contributed by atoms with Gasteiger partial charge < -0.3 is 13.3 Å². The third-order valence-electron chi connectivity index (χ3n) is 3.52. The normalized spacial score (nSPS) is 10.6. The van der Waals surface area contributed by atoms with Crippen LogP contribution in [0.2, 0.25) is 0 Å². The maximum absolute atomic E-state index is 12.3. The molecular weight excluding hydrogens is 370 g/mol. The lowest BCUT2D eigenvalue weighted by Crippen LogP contribution is -2.14. The Morgan fingerprint density at radius 3 is 2.67 bits per heavy atom. The first-order valence-corrected chi connectivity index (χ1v) is 8.67. The second-order valence-electron chi connectivity index (χ2n) is 5.20. The zero-order valence-corrected chi connectivity index (χ0v) is 14.4. The average Bonchev–Trinajstić information content (AvgIpc) is 3.47. The van der Waals surface area contributed by atoms with Crippen LogP contribution >= 0.6 is 11.8 Å². The minimum atomic E-state index is -0.362. The lowest BCUT2D eigenvalue weighted by Gasteiger charge is -2.01. The highest BCUT2D eigenvalue weighted by atomic mass is 32.2. The van der Waals surface area contributed by atoms with E-state index in [4.69, 9.17) is 13.3 Å². The number of nitrogens with zero attached hydrogens (tertiary/aromatic N) is 3. The maximum Gasteiger partial charge on any atom is 0.237 e. The van der Waals surface area contributed by atoms with Gasteiger partial charge in [0.15, 0.2) is 16.7 Å². The van der Waals surface area contributed by atoms with Gasteiger partial charge in [-0.15, -0.1) is 0 Å². The summed E-state index contributed by atoms with van der Waals surface area (Å²) in [6, 6.07) is 8.85. The number of nitrogens with one attached hydrogen (secondary N) is 2. The number of rotatable bonds is 6. The van der Waals surface area contributed by atoms with Crippen LogP contribution in [0.3, 0.4) is 0 Å². The number of furan rings is 3. The molecule has 4 aromatic heterocycles. The summed E-state index contributed by atoms with van der Waals surface area (Å²) in [5, 5.41) is 19.1. The van der Waals surface area contributed by atoms with Crippen LogP contribution in [-0.2, 0) is 4.79 Å². The summed E-state index contributed by atoms with van der Waals surface area (Å²) in [6.07, 6.45) is 4.33. The molecule has 4 aromatic rings. The molecule has 4 heterocycles. The van der Waals surface area contributed by atoms with Gasteiger partial charge in [-0.3, -0.25) is 15.2 Å². The average molecular weight is 381 g/mol. The molecular formula is C17H11N5O4S. The van der Waals surface area contributed by atoms with Crippen LogP contribution in [0, 0.1) is 11.3 Å². The largest absolute Gasteiger partial charge is 0.464 e. The standard InChI is InChI=1S/C17H11N5O4S/c18-7-10-14(11-3-1-5-24-11)15(12-4-2-6-25-12)26-16(10)21-13(23)8-27-17-19-9-20-22-17/h1-6,9H,8H2,(H,21,23)(H,19,20,22). The Labute approximate surface area is 156 Å². The molecule has 0 aliphatic heterocycles. The molecule has 0 bridgehead atoms. The summed E-state index contributed by atoms with van der Waals surface area (Å²) in [5.41, 5.74) is 0.560. The third-order valence-corrected chi connectivity index (χ3v) is 4.40. The summed E-state index contributed by atoms with van der Waals surface area (Å²) in [6.45, 7) is 0. The fraction of sp³-hybridized carbons (Fsp3) is 0.0588. The molecule has 134 valence electrons.